The van der Waals surface area contributed by atoms with Gasteiger partial charge in [-0.25, -0.2) is 9.97 Å². The number of ether oxygens (including phenoxy) is 1. The Balaban J connectivity index is 1.37. The van der Waals surface area contributed by atoms with Crippen molar-refractivity contribution in [1.82, 2.24) is 24.8 Å². The first-order valence-corrected chi connectivity index (χ1v) is 16.0. The van der Waals surface area contributed by atoms with Crippen LogP contribution in [0.2, 0.25) is 10.0 Å². The van der Waals surface area contributed by atoms with Gasteiger partial charge >= 0.3 is 0 Å². The Kier molecular flexibility index (Phi) is 8.49. The van der Waals surface area contributed by atoms with E-state index in [1.807, 2.05) is 85.2 Å². The summed E-state index contributed by atoms with van der Waals surface area (Å²) in [6.07, 6.45) is 5.27. The zero-order chi connectivity index (χ0) is 31.6. The van der Waals surface area contributed by atoms with Gasteiger partial charge in [0.2, 0.25) is 5.88 Å². The van der Waals surface area contributed by atoms with Crippen molar-refractivity contribution < 1.29 is 9.53 Å². The van der Waals surface area contributed by atoms with E-state index >= 15 is 0 Å². The van der Waals surface area contributed by atoms with Gasteiger partial charge in [-0.05, 0) is 74.8 Å². The average molecular weight is 652 g/mol. The molecule has 8 nitrogen and oxygen atoms in total. The largest absolute Gasteiger partial charge is 0.473 e. The molecule has 0 aliphatic carbocycles. The summed E-state index contributed by atoms with van der Waals surface area (Å²) in [7, 11) is 0. The zero-order valence-electron chi connectivity index (χ0n) is 25.1. The molecule has 1 amide bonds. The van der Waals surface area contributed by atoms with Crippen LogP contribution in [0.15, 0.2) is 97.5 Å². The molecule has 3 aromatic carbocycles. The van der Waals surface area contributed by atoms with Gasteiger partial charge in [0, 0.05) is 38.3 Å². The van der Waals surface area contributed by atoms with Crippen molar-refractivity contribution in [2.45, 2.75) is 31.9 Å². The lowest BCUT2D eigenvalue weighted by Crippen LogP contribution is -2.34. The van der Waals surface area contributed by atoms with Crippen LogP contribution in [0.4, 0.5) is 5.69 Å². The Morgan fingerprint density at radius 2 is 1.72 bits per heavy atom. The number of carbonyl (C=O) groups excluding carboxylic acids is 1. The number of rotatable bonds is 8. The minimum Gasteiger partial charge on any atom is -0.473 e. The predicted octanol–water partition coefficient (Wildman–Crippen LogP) is 8.39. The molecule has 0 bridgehead atoms. The lowest BCUT2D eigenvalue weighted by atomic mass is 9.99. The number of halogens is 2. The SMILES string of the molecule is C[C@@H](c1ccc(Cl)cc1)n1cnc(-c2ccccc2)c1-c1c(C(=O)Nc2cccnc2OC2CCNCC2)[nH]c2cc(Cl)ccc12. The van der Waals surface area contributed by atoms with Crippen molar-refractivity contribution >= 4 is 45.7 Å². The summed E-state index contributed by atoms with van der Waals surface area (Å²) in [6, 6.07) is 26.8. The number of pyridine rings is 1. The number of piperidine rings is 1. The highest BCUT2D eigenvalue weighted by Gasteiger charge is 2.28. The number of anilines is 1. The fourth-order valence-corrected chi connectivity index (χ4v) is 6.33. The Bertz CT molecular complexity index is 2000. The Morgan fingerprint density at radius 3 is 2.50 bits per heavy atom. The van der Waals surface area contributed by atoms with Gasteiger partial charge in [0.15, 0.2) is 0 Å². The molecule has 10 heteroatoms. The molecule has 0 spiro atoms. The van der Waals surface area contributed by atoms with E-state index in [1.54, 1.807) is 12.3 Å². The van der Waals surface area contributed by atoms with E-state index in [0.717, 1.165) is 59.3 Å². The number of nitrogens with one attached hydrogen (secondary N) is 3. The molecular formula is C36H32Cl2N6O2. The molecule has 4 heterocycles. The predicted molar refractivity (Wildman–Crippen MR) is 184 cm³/mol. The third-order valence-corrected chi connectivity index (χ3v) is 8.91. The minimum atomic E-state index is -0.337. The highest BCUT2D eigenvalue weighted by molar-refractivity contribution is 6.31. The number of nitrogens with zero attached hydrogens (tertiary/aromatic N) is 3. The number of benzene rings is 3. The van der Waals surface area contributed by atoms with Crippen molar-refractivity contribution in [3.8, 4) is 28.4 Å². The van der Waals surface area contributed by atoms with Crippen LogP contribution in [0, 0.1) is 0 Å². The van der Waals surface area contributed by atoms with Crippen LogP contribution in [0.1, 0.15) is 41.9 Å². The van der Waals surface area contributed by atoms with Crippen LogP contribution >= 0.6 is 23.2 Å². The maximum absolute atomic E-state index is 14.4. The van der Waals surface area contributed by atoms with Gasteiger partial charge in [0.1, 0.15) is 17.5 Å². The first-order valence-electron chi connectivity index (χ1n) is 15.3. The fraction of sp³-hybridized carbons (Fsp3) is 0.194. The smallest absolute Gasteiger partial charge is 0.272 e. The molecule has 3 aromatic heterocycles. The summed E-state index contributed by atoms with van der Waals surface area (Å²) >= 11 is 12.7. The van der Waals surface area contributed by atoms with E-state index in [1.165, 1.54) is 0 Å². The van der Waals surface area contributed by atoms with Gasteiger partial charge in [-0.3, -0.25) is 4.79 Å². The molecule has 0 radical (unpaired) electrons. The van der Waals surface area contributed by atoms with E-state index in [9.17, 15) is 4.79 Å². The maximum atomic E-state index is 14.4. The molecule has 1 saturated heterocycles. The minimum absolute atomic E-state index is 0.0229. The monoisotopic (exact) mass is 650 g/mol. The van der Waals surface area contributed by atoms with Crippen LogP contribution in [0.25, 0.3) is 33.4 Å². The first-order chi connectivity index (χ1) is 22.5. The Labute approximate surface area is 276 Å². The number of amides is 1. The number of aromatic nitrogens is 4. The summed E-state index contributed by atoms with van der Waals surface area (Å²) in [5.41, 5.74) is 5.84. The van der Waals surface area contributed by atoms with Crippen LogP contribution in [-0.4, -0.2) is 44.6 Å². The second kappa shape index (κ2) is 13.0. The van der Waals surface area contributed by atoms with Crippen molar-refractivity contribution in [3.63, 3.8) is 0 Å². The van der Waals surface area contributed by atoms with E-state index in [0.29, 0.717) is 32.9 Å². The molecule has 1 aliphatic rings. The molecule has 0 saturated carbocycles. The summed E-state index contributed by atoms with van der Waals surface area (Å²) in [6.45, 7) is 3.87. The summed E-state index contributed by atoms with van der Waals surface area (Å²) in [5.74, 6) is 0.0613. The first kappa shape index (κ1) is 30.0. The number of imidazole rings is 1. The molecule has 3 N–H and O–H groups in total. The lowest BCUT2D eigenvalue weighted by Gasteiger charge is -2.24. The topological polar surface area (TPSA) is 96.9 Å². The van der Waals surface area contributed by atoms with Crippen molar-refractivity contribution in [2.24, 2.45) is 0 Å². The quantitative estimate of drug-likeness (QED) is 0.154. The summed E-state index contributed by atoms with van der Waals surface area (Å²) < 4.78 is 8.37. The number of fused-ring (bicyclic) bond motifs is 1. The van der Waals surface area contributed by atoms with E-state index in [4.69, 9.17) is 32.9 Å². The van der Waals surface area contributed by atoms with Gasteiger partial charge in [0.05, 0.1) is 23.8 Å². The van der Waals surface area contributed by atoms with Gasteiger partial charge in [-0.2, -0.15) is 0 Å². The molecule has 0 unspecified atom stereocenters. The van der Waals surface area contributed by atoms with Gasteiger partial charge in [-0.15, -0.1) is 0 Å². The third-order valence-electron chi connectivity index (χ3n) is 8.42. The van der Waals surface area contributed by atoms with Crippen LogP contribution in [-0.2, 0) is 0 Å². The highest BCUT2D eigenvalue weighted by atomic mass is 35.5. The van der Waals surface area contributed by atoms with E-state index in [2.05, 4.69) is 32.1 Å². The summed E-state index contributed by atoms with van der Waals surface area (Å²) in [4.78, 5) is 27.1. The van der Waals surface area contributed by atoms with Crippen LogP contribution in [0.3, 0.4) is 0 Å². The number of carbonyl (C=O) groups is 1. The van der Waals surface area contributed by atoms with Crippen LogP contribution in [0.5, 0.6) is 5.88 Å². The second-order valence-electron chi connectivity index (χ2n) is 11.4. The van der Waals surface area contributed by atoms with Gasteiger partial charge < -0.3 is 24.9 Å². The highest BCUT2D eigenvalue weighted by Crippen LogP contribution is 2.41. The molecular weight excluding hydrogens is 619 g/mol. The number of hydrogen-bond donors (Lipinski definition) is 3. The van der Waals surface area contributed by atoms with E-state index in [-0.39, 0.29) is 18.1 Å². The number of H-pyrrole nitrogens is 1. The average Bonchev–Trinajstić information content (AvgIpc) is 3.68. The number of hydrogen-bond acceptors (Lipinski definition) is 5. The zero-order valence-corrected chi connectivity index (χ0v) is 26.6. The Morgan fingerprint density at radius 1 is 0.957 bits per heavy atom. The second-order valence-corrected chi connectivity index (χ2v) is 12.3. The molecule has 1 atom stereocenters. The molecule has 46 heavy (non-hydrogen) atoms. The fourth-order valence-electron chi connectivity index (χ4n) is 6.03. The molecule has 7 rings (SSSR count). The third kappa shape index (κ3) is 5.99. The van der Waals surface area contributed by atoms with Crippen molar-refractivity contribution in [1.29, 1.82) is 0 Å². The maximum Gasteiger partial charge on any atom is 0.272 e. The van der Waals surface area contributed by atoms with Crippen LogP contribution < -0.4 is 15.4 Å². The Hall–Kier alpha value is -4.63. The van der Waals surface area contributed by atoms with E-state index < -0.39 is 0 Å². The molecule has 6 aromatic rings. The van der Waals surface area contributed by atoms with Crippen molar-refractivity contribution in [2.75, 3.05) is 18.4 Å². The summed E-state index contributed by atoms with van der Waals surface area (Å²) in [5, 5.41) is 8.50. The molecule has 1 fully saturated rings. The van der Waals surface area contributed by atoms with Gasteiger partial charge in [0.25, 0.3) is 5.91 Å². The molecule has 232 valence electrons. The lowest BCUT2D eigenvalue weighted by molar-refractivity contribution is 0.102. The standard InChI is InChI=1S/C36H32Cl2N6O2/c1-22(23-9-11-25(37)12-10-23)44-21-41-32(24-6-3-2-4-7-24)34(44)31-28-14-13-26(38)20-30(28)42-33(31)35(45)43-29-8-5-17-40-36(29)46-27-15-18-39-19-16-27/h2-14,17,20-22,27,39,42H,15-16,18-19H2,1H3,(H,43,45)/t22-/m0/s1. The van der Waals surface area contributed by atoms with Crippen molar-refractivity contribution in [3.05, 3.63) is 119 Å². The normalized spacial score (nSPS) is 14.3. The molecule has 1 aliphatic heterocycles. The van der Waals surface area contributed by atoms with Gasteiger partial charge in [-0.1, -0.05) is 71.7 Å². The number of aromatic amines is 1.